The number of nitrogens with two attached hydrogens (primary N) is 1. The molecule has 17 heavy (non-hydrogen) atoms. The van der Waals surface area contributed by atoms with Crippen molar-refractivity contribution in [1.29, 1.82) is 0 Å². The normalized spacial score (nSPS) is 24.6. The third-order valence-electron chi connectivity index (χ3n) is 3.19. The topological polar surface area (TPSA) is 81.2 Å². The van der Waals surface area contributed by atoms with E-state index in [4.69, 9.17) is 10.2 Å². The summed E-state index contributed by atoms with van der Waals surface area (Å²) in [5.74, 6) is 0.453. The zero-order valence-electron chi connectivity index (χ0n) is 10.1. The number of nitrogens with one attached hydrogen (secondary N) is 1. The van der Waals surface area contributed by atoms with Gasteiger partial charge in [-0.25, -0.2) is 4.98 Å². The highest BCUT2D eigenvalue weighted by molar-refractivity contribution is 5.92. The predicted octanol–water partition coefficient (Wildman–Crippen LogP) is 1.24. The molecular formula is C12H19N3O2. The van der Waals surface area contributed by atoms with Crippen LogP contribution in [0.25, 0.3) is 0 Å². The second-order valence-corrected chi connectivity index (χ2v) is 4.57. The Bertz CT molecular complexity index is 381. The van der Waals surface area contributed by atoms with Gasteiger partial charge in [-0.1, -0.05) is 6.92 Å². The summed E-state index contributed by atoms with van der Waals surface area (Å²) in [7, 11) is 0. The SMILES string of the molecule is CCc1nc(C(=O)N[C@H]2CC[C@H](N)CC2)co1. The van der Waals surface area contributed by atoms with Gasteiger partial charge in [-0.15, -0.1) is 0 Å². The molecule has 0 atom stereocenters. The molecule has 1 aliphatic carbocycles. The lowest BCUT2D eigenvalue weighted by Gasteiger charge is -2.26. The molecule has 3 N–H and O–H groups in total. The van der Waals surface area contributed by atoms with Gasteiger partial charge < -0.3 is 15.5 Å². The van der Waals surface area contributed by atoms with E-state index in [-0.39, 0.29) is 11.9 Å². The molecule has 94 valence electrons. The van der Waals surface area contributed by atoms with E-state index in [0.717, 1.165) is 25.7 Å². The Kier molecular flexibility index (Phi) is 3.78. The van der Waals surface area contributed by atoms with Gasteiger partial charge in [0.25, 0.3) is 5.91 Å². The number of rotatable bonds is 3. The average Bonchev–Trinajstić information content (AvgIpc) is 2.81. The number of carbonyl (C=O) groups is 1. The molecule has 1 fully saturated rings. The lowest BCUT2D eigenvalue weighted by Crippen LogP contribution is -2.40. The Morgan fingerprint density at radius 3 is 2.82 bits per heavy atom. The summed E-state index contributed by atoms with van der Waals surface area (Å²) in [6.45, 7) is 1.94. The molecule has 1 aromatic heterocycles. The maximum Gasteiger partial charge on any atom is 0.273 e. The molecule has 5 nitrogen and oxygen atoms in total. The number of oxazole rings is 1. The van der Waals surface area contributed by atoms with Gasteiger partial charge in [-0.05, 0) is 25.7 Å². The standard InChI is InChI=1S/C12H19N3O2/c1-2-11-15-10(7-17-11)12(16)14-9-5-3-8(13)4-6-9/h7-9H,2-6,13H2,1H3,(H,14,16)/t8-,9-. The van der Waals surface area contributed by atoms with Crippen LogP contribution >= 0.6 is 0 Å². The molecule has 1 amide bonds. The van der Waals surface area contributed by atoms with Crippen LogP contribution in [0.5, 0.6) is 0 Å². The monoisotopic (exact) mass is 237 g/mol. The number of aromatic nitrogens is 1. The molecule has 0 aromatic carbocycles. The molecule has 0 radical (unpaired) electrons. The molecule has 0 saturated heterocycles. The van der Waals surface area contributed by atoms with Gasteiger partial charge in [0, 0.05) is 18.5 Å². The van der Waals surface area contributed by atoms with Gasteiger partial charge in [0.15, 0.2) is 11.6 Å². The third kappa shape index (κ3) is 3.06. The van der Waals surface area contributed by atoms with Gasteiger partial charge in [0.05, 0.1) is 0 Å². The largest absolute Gasteiger partial charge is 0.448 e. The van der Waals surface area contributed by atoms with Crippen molar-refractivity contribution in [2.45, 2.75) is 51.1 Å². The number of nitrogens with zero attached hydrogens (tertiary/aromatic N) is 1. The molecule has 0 unspecified atom stereocenters. The van der Waals surface area contributed by atoms with Gasteiger partial charge in [-0.2, -0.15) is 0 Å². The Morgan fingerprint density at radius 2 is 2.24 bits per heavy atom. The molecule has 0 spiro atoms. The van der Waals surface area contributed by atoms with Gasteiger partial charge in [0.1, 0.15) is 6.26 Å². The van der Waals surface area contributed by atoms with E-state index in [1.165, 1.54) is 6.26 Å². The number of aryl methyl sites for hydroxylation is 1. The molecule has 0 aliphatic heterocycles. The van der Waals surface area contributed by atoms with Crippen molar-refractivity contribution in [3.05, 3.63) is 17.8 Å². The minimum atomic E-state index is -0.145. The number of amides is 1. The Balaban J connectivity index is 1.88. The minimum absolute atomic E-state index is 0.145. The van der Waals surface area contributed by atoms with Gasteiger partial charge in [0.2, 0.25) is 0 Å². The second-order valence-electron chi connectivity index (χ2n) is 4.57. The number of carbonyl (C=O) groups excluding carboxylic acids is 1. The van der Waals surface area contributed by atoms with E-state index in [1.54, 1.807) is 0 Å². The van der Waals surface area contributed by atoms with E-state index < -0.39 is 0 Å². The zero-order chi connectivity index (χ0) is 12.3. The second kappa shape index (κ2) is 5.31. The van der Waals surface area contributed by atoms with E-state index in [0.29, 0.717) is 24.0 Å². The summed E-state index contributed by atoms with van der Waals surface area (Å²) in [6.07, 6.45) is 5.97. The Hall–Kier alpha value is -1.36. The first-order chi connectivity index (χ1) is 8.19. The van der Waals surface area contributed by atoms with Crippen molar-refractivity contribution < 1.29 is 9.21 Å². The van der Waals surface area contributed by atoms with Crippen molar-refractivity contribution in [2.75, 3.05) is 0 Å². The van der Waals surface area contributed by atoms with Crippen LogP contribution in [0.3, 0.4) is 0 Å². The smallest absolute Gasteiger partial charge is 0.273 e. The molecule has 1 saturated carbocycles. The summed E-state index contributed by atoms with van der Waals surface area (Å²) in [4.78, 5) is 16.0. The van der Waals surface area contributed by atoms with Gasteiger partial charge in [-0.3, -0.25) is 4.79 Å². The van der Waals surface area contributed by atoms with Crippen molar-refractivity contribution in [2.24, 2.45) is 5.73 Å². The van der Waals surface area contributed by atoms with Crippen molar-refractivity contribution in [3.63, 3.8) is 0 Å². The molecule has 1 heterocycles. The highest BCUT2D eigenvalue weighted by Crippen LogP contribution is 2.17. The minimum Gasteiger partial charge on any atom is -0.448 e. The van der Waals surface area contributed by atoms with Crippen LogP contribution in [0.1, 0.15) is 49.0 Å². The summed E-state index contributed by atoms with van der Waals surface area (Å²) in [5.41, 5.74) is 6.19. The summed E-state index contributed by atoms with van der Waals surface area (Å²) < 4.78 is 5.15. The first-order valence-electron chi connectivity index (χ1n) is 6.20. The van der Waals surface area contributed by atoms with Crippen LogP contribution in [0, 0.1) is 0 Å². The number of hydrogen-bond acceptors (Lipinski definition) is 4. The summed E-state index contributed by atoms with van der Waals surface area (Å²) >= 11 is 0. The highest BCUT2D eigenvalue weighted by atomic mass is 16.3. The first kappa shape index (κ1) is 12.1. The van der Waals surface area contributed by atoms with Crippen molar-refractivity contribution >= 4 is 5.91 Å². The molecular weight excluding hydrogens is 218 g/mol. The molecule has 1 aliphatic rings. The molecule has 2 rings (SSSR count). The fourth-order valence-corrected chi connectivity index (χ4v) is 2.10. The van der Waals surface area contributed by atoms with Gasteiger partial charge >= 0.3 is 0 Å². The average molecular weight is 237 g/mol. The fourth-order valence-electron chi connectivity index (χ4n) is 2.10. The lowest BCUT2D eigenvalue weighted by atomic mass is 9.92. The molecule has 5 heteroatoms. The van der Waals surface area contributed by atoms with E-state index in [2.05, 4.69) is 10.3 Å². The van der Waals surface area contributed by atoms with Crippen molar-refractivity contribution in [1.82, 2.24) is 10.3 Å². The predicted molar refractivity (Wildman–Crippen MR) is 63.6 cm³/mol. The Labute approximate surface area is 101 Å². The van der Waals surface area contributed by atoms with Crippen LogP contribution in [0.4, 0.5) is 0 Å². The summed E-state index contributed by atoms with van der Waals surface area (Å²) in [5, 5.41) is 2.98. The third-order valence-corrected chi connectivity index (χ3v) is 3.19. The van der Waals surface area contributed by atoms with Crippen LogP contribution in [-0.4, -0.2) is 23.0 Å². The van der Waals surface area contributed by atoms with Crippen LogP contribution in [0.2, 0.25) is 0 Å². The van der Waals surface area contributed by atoms with E-state index in [9.17, 15) is 4.79 Å². The van der Waals surface area contributed by atoms with Crippen LogP contribution < -0.4 is 11.1 Å². The van der Waals surface area contributed by atoms with E-state index in [1.807, 2.05) is 6.92 Å². The molecule has 1 aromatic rings. The summed E-state index contributed by atoms with van der Waals surface area (Å²) in [6, 6.07) is 0.519. The fraction of sp³-hybridized carbons (Fsp3) is 0.667. The first-order valence-corrected chi connectivity index (χ1v) is 6.20. The maximum absolute atomic E-state index is 11.9. The molecule has 0 bridgehead atoms. The lowest BCUT2D eigenvalue weighted by molar-refractivity contribution is 0.0920. The van der Waals surface area contributed by atoms with E-state index >= 15 is 0 Å². The number of hydrogen-bond donors (Lipinski definition) is 2. The maximum atomic E-state index is 11.9. The zero-order valence-corrected chi connectivity index (χ0v) is 10.1. The van der Waals surface area contributed by atoms with Crippen LogP contribution in [-0.2, 0) is 6.42 Å². The quantitative estimate of drug-likeness (QED) is 0.828. The highest BCUT2D eigenvalue weighted by Gasteiger charge is 2.21. The van der Waals surface area contributed by atoms with Crippen molar-refractivity contribution in [3.8, 4) is 0 Å². The Morgan fingerprint density at radius 1 is 1.53 bits per heavy atom. The van der Waals surface area contributed by atoms with Crippen LogP contribution in [0.15, 0.2) is 10.7 Å².